The highest BCUT2D eigenvalue weighted by molar-refractivity contribution is 8.18. The number of aromatic nitrogens is 2. The molecule has 180 valence electrons. The molecule has 2 saturated heterocycles. The number of hydrogen-bond donors (Lipinski definition) is 0. The number of aryl methyl sites for hydroxylation is 1. The Labute approximate surface area is 210 Å². The zero-order chi connectivity index (χ0) is 24.4. The maximum atomic E-state index is 13.2. The van der Waals surface area contributed by atoms with Gasteiger partial charge in [-0.3, -0.25) is 9.69 Å². The van der Waals surface area contributed by atoms with Crippen LogP contribution < -0.4 is 4.90 Å². The number of carbonyl (C=O) groups excluding carboxylic acids is 1. The van der Waals surface area contributed by atoms with Crippen molar-refractivity contribution in [2.75, 3.05) is 37.7 Å². The van der Waals surface area contributed by atoms with Crippen LogP contribution in [-0.2, 0) is 9.53 Å². The molecule has 3 aromatic rings. The smallest absolute Gasteiger partial charge is 0.266 e. The first kappa shape index (κ1) is 23.4. The number of morpholine rings is 1. The molecule has 0 N–H and O–H groups in total. The van der Waals surface area contributed by atoms with Gasteiger partial charge in [0.2, 0.25) is 0 Å². The molecule has 0 bridgehead atoms. The summed E-state index contributed by atoms with van der Waals surface area (Å²) in [5.41, 5.74) is 5.14. The zero-order valence-corrected chi connectivity index (χ0v) is 21.1. The van der Waals surface area contributed by atoms with Crippen LogP contribution in [-0.4, -0.2) is 58.4 Å². The lowest BCUT2D eigenvalue weighted by Crippen LogP contribution is -2.36. The van der Waals surface area contributed by atoms with Gasteiger partial charge in [-0.1, -0.05) is 6.07 Å². The summed E-state index contributed by atoms with van der Waals surface area (Å²) < 4.78 is 7.55. The summed E-state index contributed by atoms with van der Waals surface area (Å²) in [5.74, 6) is 0.860. The predicted molar refractivity (Wildman–Crippen MR) is 143 cm³/mol. The van der Waals surface area contributed by atoms with Gasteiger partial charge in [0, 0.05) is 42.9 Å². The average Bonchev–Trinajstić information content (AvgIpc) is 3.34. The molecule has 7 nitrogen and oxygen atoms in total. The van der Waals surface area contributed by atoms with Gasteiger partial charge in [-0.2, -0.15) is 0 Å². The first-order chi connectivity index (χ1) is 17.0. The minimum absolute atomic E-state index is 0.0103. The molecule has 8 heteroatoms. The van der Waals surface area contributed by atoms with E-state index in [1.165, 1.54) is 17.4 Å². The van der Waals surface area contributed by atoms with Gasteiger partial charge in [-0.15, -0.1) is 0 Å². The molecule has 0 radical (unpaired) electrons. The molecule has 0 atom stereocenters. The summed E-state index contributed by atoms with van der Waals surface area (Å²) >= 11 is 1.43. The van der Waals surface area contributed by atoms with Crippen molar-refractivity contribution in [1.82, 2.24) is 14.5 Å². The molecule has 1 amide bonds. The molecule has 2 aliphatic rings. The fourth-order valence-corrected chi connectivity index (χ4v) is 5.51. The number of anilines is 1. The standard InChI is InChI=1S/C27H29N5O2S/c1-4-31-26(33)24(18-21-17-19(2)32(20(21)3)25-7-5-6-12-28-25)35-27(31)29-22-8-10-23(11-9-22)30-13-15-34-16-14-30/h5-12,17-18H,4,13-16H2,1-3H3/b24-18-,29-27?. The number of thioether (sulfide) groups is 1. The van der Waals surface area contributed by atoms with Gasteiger partial charge in [0.25, 0.3) is 5.91 Å². The van der Waals surface area contributed by atoms with E-state index in [-0.39, 0.29) is 5.91 Å². The quantitative estimate of drug-likeness (QED) is 0.477. The van der Waals surface area contributed by atoms with Crippen LogP contribution in [0.3, 0.4) is 0 Å². The molecule has 4 heterocycles. The first-order valence-corrected chi connectivity index (χ1v) is 12.7. The second-order valence-corrected chi connectivity index (χ2v) is 9.53. The van der Waals surface area contributed by atoms with Gasteiger partial charge in [0.05, 0.1) is 23.8 Å². The number of benzene rings is 1. The van der Waals surface area contributed by atoms with Crippen molar-refractivity contribution in [2.24, 2.45) is 4.99 Å². The van der Waals surface area contributed by atoms with E-state index < -0.39 is 0 Å². The third-order valence-corrected chi connectivity index (χ3v) is 7.30. The Morgan fingerprint density at radius 3 is 2.57 bits per heavy atom. The Bertz CT molecular complexity index is 1270. The number of nitrogens with zero attached hydrogens (tertiary/aromatic N) is 5. The van der Waals surface area contributed by atoms with E-state index in [9.17, 15) is 4.79 Å². The summed E-state index contributed by atoms with van der Waals surface area (Å²) in [6.45, 7) is 9.97. The predicted octanol–water partition coefficient (Wildman–Crippen LogP) is 4.95. The Hall–Kier alpha value is -3.36. The highest BCUT2D eigenvalue weighted by atomic mass is 32.2. The van der Waals surface area contributed by atoms with Crippen molar-refractivity contribution in [3.05, 3.63) is 76.6 Å². The molecule has 0 saturated carbocycles. The van der Waals surface area contributed by atoms with E-state index >= 15 is 0 Å². The van der Waals surface area contributed by atoms with Gasteiger partial charge in [0.15, 0.2) is 5.17 Å². The zero-order valence-electron chi connectivity index (χ0n) is 20.3. The van der Waals surface area contributed by atoms with Crippen LogP contribution in [0.25, 0.3) is 11.9 Å². The van der Waals surface area contributed by atoms with Crippen molar-refractivity contribution in [2.45, 2.75) is 20.8 Å². The Morgan fingerprint density at radius 1 is 1.11 bits per heavy atom. The summed E-state index contributed by atoms with van der Waals surface area (Å²) in [4.78, 5) is 27.2. The van der Waals surface area contributed by atoms with Crippen LogP contribution in [0.5, 0.6) is 0 Å². The lowest BCUT2D eigenvalue weighted by atomic mass is 10.2. The SMILES string of the molecule is CCN1C(=O)/C(=C/c2cc(C)n(-c3ccccn3)c2C)SC1=Nc1ccc(N2CCOCC2)cc1. The average molecular weight is 488 g/mol. The molecule has 0 unspecified atom stereocenters. The molecule has 0 aliphatic carbocycles. The topological polar surface area (TPSA) is 63.0 Å². The maximum Gasteiger partial charge on any atom is 0.266 e. The lowest BCUT2D eigenvalue weighted by Gasteiger charge is -2.28. The number of aliphatic imine (C=N–C) groups is 1. The monoisotopic (exact) mass is 487 g/mol. The normalized spacial score (nSPS) is 18.8. The van der Waals surface area contributed by atoms with Crippen molar-refractivity contribution in [3.8, 4) is 5.82 Å². The maximum absolute atomic E-state index is 13.2. The molecular formula is C27H29N5O2S. The molecule has 2 aliphatic heterocycles. The number of pyridine rings is 1. The second-order valence-electron chi connectivity index (χ2n) is 8.52. The lowest BCUT2D eigenvalue weighted by molar-refractivity contribution is -0.122. The van der Waals surface area contributed by atoms with Crippen LogP contribution >= 0.6 is 11.8 Å². The summed E-state index contributed by atoms with van der Waals surface area (Å²) in [5, 5.41) is 0.710. The molecule has 2 aromatic heterocycles. The number of hydrogen-bond acceptors (Lipinski definition) is 6. The fourth-order valence-electron chi connectivity index (χ4n) is 4.45. The van der Waals surface area contributed by atoms with E-state index in [4.69, 9.17) is 9.73 Å². The van der Waals surface area contributed by atoms with E-state index in [1.807, 2.05) is 43.3 Å². The second kappa shape index (κ2) is 10.1. The largest absolute Gasteiger partial charge is 0.378 e. The molecule has 5 rings (SSSR count). The van der Waals surface area contributed by atoms with Gasteiger partial charge >= 0.3 is 0 Å². The van der Waals surface area contributed by atoms with Gasteiger partial charge in [-0.25, -0.2) is 9.98 Å². The van der Waals surface area contributed by atoms with Crippen LogP contribution in [0, 0.1) is 13.8 Å². The number of carbonyl (C=O) groups is 1. The van der Waals surface area contributed by atoms with Crippen molar-refractivity contribution >= 4 is 40.3 Å². The summed E-state index contributed by atoms with van der Waals surface area (Å²) in [6, 6.07) is 16.2. The van der Waals surface area contributed by atoms with E-state index in [0.29, 0.717) is 16.6 Å². The minimum atomic E-state index is -0.0103. The van der Waals surface area contributed by atoms with Gasteiger partial charge in [-0.05, 0) is 86.6 Å². The first-order valence-electron chi connectivity index (χ1n) is 11.9. The fraction of sp³-hybridized carbons (Fsp3) is 0.296. The summed E-state index contributed by atoms with van der Waals surface area (Å²) in [6.07, 6.45) is 3.76. The number of rotatable bonds is 5. The third-order valence-electron chi connectivity index (χ3n) is 6.29. The molecule has 35 heavy (non-hydrogen) atoms. The third kappa shape index (κ3) is 4.76. The van der Waals surface area contributed by atoms with E-state index in [2.05, 4.69) is 46.5 Å². The van der Waals surface area contributed by atoms with Crippen LogP contribution in [0.15, 0.2) is 64.6 Å². The van der Waals surface area contributed by atoms with E-state index in [1.54, 1.807) is 11.1 Å². The number of amidine groups is 1. The summed E-state index contributed by atoms with van der Waals surface area (Å²) in [7, 11) is 0. The Kier molecular flexibility index (Phi) is 6.74. The highest BCUT2D eigenvalue weighted by Gasteiger charge is 2.32. The van der Waals surface area contributed by atoms with Gasteiger partial charge < -0.3 is 14.2 Å². The van der Waals surface area contributed by atoms with Crippen molar-refractivity contribution < 1.29 is 9.53 Å². The van der Waals surface area contributed by atoms with E-state index in [0.717, 1.165) is 54.8 Å². The van der Waals surface area contributed by atoms with Crippen LogP contribution in [0.1, 0.15) is 23.9 Å². The Balaban J connectivity index is 1.40. The van der Waals surface area contributed by atoms with Crippen LogP contribution in [0.2, 0.25) is 0 Å². The van der Waals surface area contributed by atoms with Crippen molar-refractivity contribution in [3.63, 3.8) is 0 Å². The Morgan fingerprint density at radius 2 is 1.89 bits per heavy atom. The van der Waals surface area contributed by atoms with Crippen molar-refractivity contribution in [1.29, 1.82) is 0 Å². The minimum Gasteiger partial charge on any atom is -0.378 e. The number of likely N-dealkylation sites (N-methyl/N-ethyl adjacent to an activating group) is 1. The van der Waals surface area contributed by atoms with Gasteiger partial charge in [0.1, 0.15) is 5.82 Å². The molecule has 0 spiro atoms. The molecular weight excluding hydrogens is 458 g/mol. The number of ether oxygens (including phenoxy) is 1. The number of amides is 1. The highest BCUT2D eigenvalue weighted by Crippen LogP contribution is 2.35. The van der Waals surface area contributed by atoms with Crippen LogP contribution in [0.4, 0.5) is 11.4 Å². The molecule has 2 fully saturated rings. The molecule has 1 aromatic carbocycles.